The van der Waals surface area contributed by atoms with Crippen LogP contribution in [0.3, 0.4) is 0 Å². The van der Waals surface area contributed by atoms with Gasteiger partial charge >= 0.3 is 0 Å². The topological polar surface area (TPSA) is 110 Å². The van der Waals surface area contributed by atoms with Crippen molar-refractivity contribution in [3.05, 3.63) is 54.1 Å². The average Bonchev–Trinajstić information content (AvgIpc) is 3.01. The van der Waals surface area contributed by atoms with E-state index in [0.717, 1.165) is 35.3 Å². The van der Waals surface area contributed by atoms with Gasteiger partial charge < -0.3 is 16.0 Å². The van der Waals surface area contributed by atoms with Crippen molar-refractivity contribution in [3.63, 3.8) is 0 Å². The number of rotatable bonds is 6. The van der Waals surface area contributed by atoms with E-state index in [9.17, 15) is 4.79 Å². The molecule has 2 heterocycles. The predicted molar refractivity (Wildman–Crippen MR) is 92.9 cm³/mol. The Balaban J connectivity index is 1.42. The Labute approximate surface area is 139 Å². The minimum absolute atomic E-state index is 0.156. The molecule has 0 unspecified atom stereocenters. The first kappa shape index (κ1) is 15.7. The lowest BCUT2D eigenvalue weighted by Crippen LogP contribution is -2.22. The number of carbonyl (C=O) groups excluding carboxylic acids is 1. The first-order valence-corrected chi connectivity index (χ1v) is 7.68. The van der Waals surface area contributed by atoms with Crippen LogP contribution >= 0.6 is 0 Å². The molecule has 7 heteroatoms. The third-order valence-electron chi connectivity index (χ3n) is 3.45. The number of aromatic amines is 1. The fourth-order valence-electron chi connectivity index (χ4n) is 2.26. The lowest BCUT2D eigenvalue weighted by molar-refractivity contribution is -0.116. The molecule has 0 radical (unpaired) electrons. The molecule has 0 aliphatic heterocycles. The number of aromatic nitrogens is 4. The lowest BCUT2D eigenvalue weighted by atomic mass is 10.3. The standard InChI is InChI=1S/C17H18N6O/c18-17-20-10-12(11-21-17)7-8-16(24)19-9-3-6-15-22-13-4-1-2-5-14(13)23-15/h1-2,4-5,7-8,10-11H,3,6,9H2,(H,19,24)(H,22,23)(H2,18,20,21)/b8-7+. The van der Waals surface area contributed by atoms with E-state index in [2.05, 4.69) is 25.3 Å². The number of fused-ring (bicyclic) bond motifs is 1. The van der Waals surface area contributed by atoms with Crippen molar-refractivity contribution in [1.82, 2.24) is 25.3 Å². The number of nitrogens with zero attached hydrogens (tertiary/aromatic N) is 3. The van der Waals surface area contributed by atoms with E-state index in [1.54, 1.807) is 18.5 Å². The van der Waals surface area contributed by atoms with Crippen LogP contribution in [-0.4, -0.2) is 32.4 Å². The molecule has 0 bridgehead atoms. The van der Waals surface area contributed by atoms with Crippen molar-refractivity contribution in [2.75, 3.05) is 12.3 Å². The van der Waals surface area contributed by atoms with Crippen LogP contribution in [0.5, 0.6) is 0 Å². The van der Waals surface area contributed by atoms with Gasteiger partial charge in [-0.1, -0.05) is 12.1 Å². The van der Waals surface area contributed by atoms with Crippen LogP contribution in [0.25, 0.3) is 17.1 Å². The normalized spacial score (nSPS) is 11.2. The van der Waals surface area contributed by atoms with Crippen LogP contribution in [0.15, 0.2) is 42.7 Å². The second-order valence-corrected chi connectivity index (χ2v) is 5.30. The van der Waals surface area contributed by atoms with Crippen LogP contribution in [-0.2, 0) is 11.2 Å². The number of H-pyrrole nitrogens is 1. The highest BCUT2D eigenvalue weighted by molar-refractivity contribution is 5.91. The molecule has 3 rings (SSSR count). The Morgan fingerprint density at radius 1 is 1.25 bits per heavy atom. The Hall–Kier alpha value is -3.22. The number of anilines is 1. The van der Waals surface area contributed by atoms with Gasteiger partial charge in [0.1, 0.15) is 5.82 Å². The highest BCUT2D eigenvalue weighted by Gasteiger charge is 2.02. The highest BCUT2D eigenvalue weighted by atomic mass is 16.1. The number of para-hydroxylation sites is 2. The van der Waals surface area contributed by atoms with E-state index in [0.29, 0.717) is 6.54 Å². The fourth-order valence-corrected chi connectivity index (χ4v) is 2.26. The minimum atomic E-state index is -0.156. The van der Waals surface area contributed by atoms with Crippen molar-refractivity contribution in [2.24, 2.45) is 0 Å². The van der Waals surface area contributed by atoms with E-state index < -0.39 is 0 Å². The number of hydrogen-bond acceptors (Lipinski definition) is 5. The molecule has 0 atom stereocenters. The Morgan fingerprint density at radius 3 is 2.83 bits per heavy atom. The zero-order chi connectivity index (χ0) is 16.8. The third kappa shape index (κ3) is 4.16. The highest BCUT2D eigenvalue weighted by Crippen LogP contribution is 2.11. The summed E-state index contributed by atoms with van der Waals surface area (Å²) in [5.74, 6) is 0.985. The molecular formula is C17H18N6O. The number of nitrogens with two attached hydrogens (primary N) is 1. The molecule has 24 heavy (non-hydrogen) atoms. The van der Waals surface area contributed by atoms with E-state index >= 15 is 0 Å². The van der Waals surface area contributed by atoms with Crippen molar-refractivity contribution in [3.8, 4) is 0 Å². The van der Waals surface area contributed by atoms with Gasteiger partial charge in [-0.15, -0.1) is 0 Å². The third-order valence-corrected chi connectivity index (χ3v) is 3.45. The van der Waals surface area contributed by atoms with E-state index in [4.69, 9.17) is 5.73 Å². The number of aryl methyl sites for hydroxylation is 1. The second-order valence-electron chi connectivity index (χ2n) is 5.30. The van der Waals surface area contributed by atoms with Crippen LogP contribution < -0.4 is 11.1 Å². The number of amides is 1. The largest absolute Gasteiger partial charge is 0.368 e. The summed E-state index contributed by atoms with van der Waals surface area (Å²) in [7, 11) is 0. The van der Waals surface area contributed by atoms with Crippen molar-refractivity contribution >= 4 is 29.0 Å². The van der Waals surface area contributed by atoms with Gasteiger partial charge in [-0.05, 0) is 24.6 Å². The zero-order valence-corrected chi connectivity index (χ0v) is 13.1. The van der Waals surface area contributed by atoms with E-state index in [-0.39, 0.29) is 11.9 Å². The van der Waals surface area contributed by atoms with Gasteiger partial charge in [-0.3, -0.25) is 4.79 Å². The summed E-state index contributed by atoms with van der Waals surface area (Å²) in [6, 6.07) is 7.91. The second kappa shape index (κ2) is 7.36. The maximum absolute atomic E-state index is 11.7. The van der Waals surface area contributed by atoms with Crippen molar-refractivity contribution < 1.29 is 4.79 Å². The van der Waals surface area contributed by atoms with E-state index in [1.807, 2.05) is 24.3 Å². The summed E-state index contributed by atoms with van der Waals surface area (Å²) < 4.78 is 0. The number of hydrogen-bond donors (Lipinski definition) is 3. The molecule has 1 aromatic carbocycles. The summed E-state index contributed by atoms with van der Waals surface area (Å²) in [4.78, 5) is 27.2. The molecular weight excluding hydrogens is 304 g/mol. The summed E-state index contributed by atoms with van der Waals surface area (Å²) in [6.07, 6.45) is 7.82. The molecule has 0 aliphatic rings. The quantitative estimate of drug-likeness (QED) is 0.472. The van der Waals surface area contributed by atoms with Gasteiger partial charge in [0.2, 0.25) is 11.9 Å². The number of imidazole rings is 1. The Morgan fingerprint density at radius 2 is 2.04 bits per heavy atom. The molecule has 1 amide bonds. The van der Waals surface area contributed by atoms with Crippen LogP contribution in [0, 0.1) is 0 Å². The number of carbonyl (C=O) groups is 1. The van der Waals surface area contributed by atoms with Crippen LogP contribution in [0.4, 0.5) is 5.95 Å². The van der Waals surface area contributed by atoms with Crippen molar-refractivity contribution in [1.29, 1.82) is 0 Å². The molecule has 0 fully saturated rings. The minimum Gasteiger partial charge on any atom is -0.368 e. The molecule has 0 saturated heterocycles. The van der Waals surface area contributed by atoms with Gasteiger partial charge in [-0.2, -0.15) is 0 Å². The first-order chi connectivity index (χ1) is 11.7. The summed E-state index contributed by atoms with van der Waals surface area (Å²) in [5.41, 5.74) is 8.12. The van der Waals surface area contributed by atoms with Gasteiger partial charge in [0.05, 0.1) is 11.0 Å². The number of nitrogens with one attached hydrogen (secondary N) is 2. The predicted octanol–water partition coefficient (Wildman–Crippen LogP) is 1.70. The van der Waals surface area contributed by atoms with Gasteiger partial charge in [-0.25, -0.2) is 15.0 Å². The molecule has 122 valence electrons. The molecule has 4 N–H and O–H groups in total. The molecule has 0 saturated carbocycles. The number of nitrogen functional groups attached to an aromatic ring is 1. The molecule has 7 nitrogen and oxygen atoms in total. The zero-order valence-electron chi connectivity index (χ0n) is 13.1. The summed E-state index contributed by atoms with van der Waals surface area (Å²) in [6.45, 7) is 0.582. The molecule has 2 aromatic heterocycles. The van der Waals surface area contributed by atoms with Crippen molar-refractivity contribution in [2.45, 2.75) is 12.8 Å². The average molecular weight is 322 g/mol. The Bertz CT molecular complexity index is 820. The maximum Gasteiger partial charge on any atom is 0.244 e. The van der Waals surface area contributed by atoms with Crippen LogP contribution in [0.1, 0.15) is 17.8 Å². The fraction of sp³-hybridized carbons (Fsp3) is 0.176. The van der Waals surface area contributed by atoms with Crippen LogP contribution in [0.2, 0.25) is 0 Å². The molecule has 0 spiro atoms. The summed E-state index contributed by atoms with van der Waals surface area (Å²) >= 11 is 0. The Kier molecular flexibility index (Phi) is 4.81. The first-order valence-electron chi connectivity index (χ1n) is 7.68. The van der Waals surface area contributed by atoms with Gasteiger partial charge in [0.15, 0.2) is 0 Å². The monoisotopic (exact) mass is 322 g/mol. The lowest BCUT2D eigenvalue weighted by Gasteiger charge is -2.00. The summed E-state index contributed by atoms with van der Waals surface area (Å²) in [5, 5.41) is 2.84. The molecule has 3 aromatic rings. The van der Waals surface area contributed by atoms with Gasteiger partial charge in [0.25, 0.3) is 0 Å². The molecule has 0 aliphatic carbocycles. The SMILES string of the molecule is Nc1ncc(/C=C/C(=O)NCCCc2nc3ccccc3[nH]2)cn1. The van der Waals surface area contributed by atoms with Gasteiger partial charge in [0, 0.05) is 37.0 Å². The van der Waals surface area contributed by atoms with E-state index in [1.165, 1.54) is 6.08 Å². The number of benzene rings is 1. The maximum atomic E-state index is 11.7. The smallest absolute Gasteiger partial charge is 0.244 e.